The van der Waals surface area contributed by atoms with E-state index in [0.717, 1.165) is 31.6 Å². The molecular weight excluding hydrogens is 284 g/mol. The van der Waals surface area contributed by atoms with Gasteiger partial charge in [-0.05, 0) is 26.3 Å². The summed E-state index contributed by atoms with van der Waals surface area (Å²) in [5, 5.41) is 13.4. The van der Waals surface area contributed by atoms with E-state index in [9.17, 15) is 4.79 Å². The molecule has 4 atom stereocenters. The average molecular weight is 308 g/mol. The summed E-state index contributed by atoms with van der Waals surface area (Å²) in [5.41, 5.74) is 1.57. The Morgan fingerprint density at radius 3 is 3.09 bits per heavy atom. The van der Waals surface area contributed by atoms with E-state index in [1.165, 1.54) is 0 Å². The number of H-pyrrole nitrogens is 1. The molecule has 0 bridgehead atoms. The summed E-state index contributed by atoms with van der Waals surface area (Å²) in [4.78, 5) is 12.5. The number of nitrogens with one attached hydrogen (secondary N) is 3. The Balaban J connectivity index is 1.62. The van der Waals surface area contributed by atoms with Crippen molar-refractivity contribution in [3.8, 4) is 0 Å². The standard InChI is InChI=1S/C15H24N4O3/c1-3-22-12-6-11(14(12)21-2)18-15(20)10-8-17-19-13(10)9-4-5-16-7-9/h8-9,11-12,14,16H,3-7H2,1-2H3,(H,17,19)(H,18,20). The van der Waals surface area contributed by atoms with Gasteiger partial charge in [0.15, 0.2) is 0 Å². The smallest absolute Gasteiger partial charge is 0.255 e. The van der Waals surface area contributed by atoms with Gasteiger partial charge in [0, 0.05) is 26.2 Å². The quantitative estimate of drug-likeness (QED) is 0.708. The lowest BCUT2D eigenvalue weighted by atomic mass is 9.85. The fraction of sp³-hybridized carbons (Fsp3) is 0.733. The van der Waals surface area contributed by atoms with Crippen molar-refractivity contribution in [1.29, 1.82) is 0 Å². The molecule has 1 aliphatic heterocycles. The number of rotatable bonds is 6. The minimum absolute atomic E-state index is 0.00139. The number of hydrogen-bond acceptors (Lipinski definition) is 5. The molecule has 2 heterocycles. The minimum atomic E-state index is -0.0855. The predicted molar refractivity (Wildman–Crippen MR) is 80.9 cm³/mol. The van der Waals surface area contributed by atoms with Crippen LogP contribution in [0.4, 0.5) is 0 Å². The molecule has 2 fully saturated rings. The number of ether oxygens (including phenoxy) is 2. The van der Waals surface area contributed by atoms with Crippen molar-refractivity contribution in [3.05, 3.63) is 17.5 Å². The first-order chi connectivity index (χ1) is 10.7. The maximum atomic E-state index is 12.5. The van der Waals surface area contributed by atoms with Crippen molar-refractivity contribution in [2.24, 2.45) is 0 Å². The van der Waals surface area contributed by atoms with E-state index in [2.05, 4.69) is 20.8 Å². The van der Waals surface area contributed by atoms with Crippen LogP contribution in [0.15, 0.2) is 6.20 Å². The summed E-state index contributed by atoms with van der Waals surface area (Å²) in [5.74, 6) is 0.247. The molecule has 1 aromatic rings. The topological polar surface area (TPSA) is 88.3 Å². The van der Waals surface area contributed by atoms with E-state index < -0.39 is 0 Å². The van der Waals surface area contributed by atoms with E-state index in [-0.39, 0.29) is 24.2 Å². The van der Waals surface area contributed by atoms with E-state index in [4.69, 9.17) is 9.47 Å². The van der Waals surface area contributed by atoms with Crippen LogP contribution in [-0.2, 0) is 9.47 Å². The Labute approximate surface area is 130 Å². The highest BCUT2D eigenvalue weighted by Crippen LogP contribution is 2.28. The zero-order valence-corrected chi connectivity index (χ0v) is 13.1. The van der Waals surface area contributed by atoms with E-state index >= 15 is 0 Å². The van der Waals surface area contributed by atoms with Crippen molar-refractivity contribution < 1.29 is 14.3 Å². The average Bonchev–Trinajstić information content (AvgIpc) is 3.16. The first-order valence-electron chi connectivity index (χ1n) is 7.93. The first kappa shape index (κ1) is 15.5. The van der Waals surface area contributed by atoms with Crippen molar-refractivity contribution in [3.63, 3.8) is 0 Å². The van der Waals surface area contributed by atoms with Crippen LogP contribution < -0.4 is 10.6 Å². The zero-order valence-electron chi connectivity index (χ0n) is 13.1. The third kappa shape index (κ3) is 2.88. The van der Waals surface area contributed by atoms with Crippen LogP contribution >= 0.6 is 0 Å². The fourth-order valence-corrected chi connectivity index (χ4v) is 3.35. The third-order valence-corrected chi connectivity index (χ3v) is 4.60. The van der Waals surface area contributed by atoms with E-state index in [1.54, 1.807) is 13.3 Å². The first-order valence-corrected chi connectivity index (χ1v) is 7.93. The molecule has 0 spiro atoms. The number of nitrogens with zero attached hydrogens (tertiary/aromatic N) is 1. The molecule has 4 unspecified atom stereocenters. The molecule has 1 aliphatic carbocycles. The van der Waals surface area contributed by atoms with Crippen molar-refractivity contribution in [1.82, 2.24) is 20.8 Å². The van der Waals surface area contributed by atoms with Crippen LogP contribution in [0.1, 0.15) is 41.7 Å². The summed E-state index contributed by atoms with van der Waals surface area (Å²) in [6, 6.07) is -0.00139. The molecule has 3 N–H and O–H groups in total. The second kappa shape index (κ2) is 6.76. The Kier molecular flexibility index (Phi) is 4.75. The maximum absolute atomic E-state index is 12.5. The highest BCUT2D eigenvalue weighted by Gasteiger charge is 2.43. The van der Waals surface area contributed by atoms with Gasteiger partial charge in [0.25, 0.3) is 5.91 Å². The van der Waals surface area contributed by atoms with Crippen LogP contribution in [0.3, 0.4) is 0 Å². The molecule has 1 saturated carbocycles. The fourth-order valence-electron chi connectivity index (χ4n) is 3.35. The highest BCUT2D eigenvalue weighted by molar-refractivity contribution is 5.95. The van der Waals surface area contributed by atoms with E-state index in [0.29, 0.717) is 18.1 Å². The summed E-state index contributed by atoms with van der Waals surface area (Å²) in [6.45, 7) is 4.49. The molecule has 22 heavy (non-hydrogen) atoms. The van der Waals surface area contributed by atoms with Gasteiger partial charge in [0.2, 0.25) is 0 Å². The van der Waals surface area contributed by atoms with Gasteiger partial charge in [0.1, 0.15) is 6.10 Å². The van der Waals surface area contributed by atoms with Crippen LogP contribution in [0.25, 0.3) is 0 Å². The summed E-state index contributed by atoms with van der Waals surface area (Å²) in [7, 11) is 1.66. The SMILES string of the molecule is CCOC1CC(NC(=O)c2cn[nH]c2C2CCNC2)C1OC. The van der Waals surface area contributed by atoms with Crippen molar-refractivity contribution in [2.75, 3.05) is 26.8 Å². The van der Waals surface area contributed by atoms with Crippen molar-refractivity contribution >= 4 is 5.91 Å². The van der Waals surface area contributed by atoms with Gasteiger partial charge in [-0.1, -0.05) is 0 Å². The van der Waals surface area contributed by atoms with Crippen LogP contribution in [-0.4, -0.2) is 61.2 Å². The minimum Gasteiger partial charge on any atom is -0.377 e. The van der Waals surface area contributed by atoms with E-state index in [1.807, 2.05) is 6.92 Å². The molecule has 7 heteroatoms. The Bertz CT molecular complexity index is 513. The second-order valence-electron chi connectivity index (χ2n) is 5.90. The van der Waals surface area contributed by atoms with Gasteiger partial charge >= 0.3 is 0 Å². The number of carbonyl (C=O) groups excluding carboxylic acids is 1. The summed E-state index contributed by atoms with van der Waals surface area (Å²) >= 11 is 0. The van der Waals surface area contributed by atoms with Gasteiger partial charge in [-0.2, -0.15) is 5.10 Å². The van der Waals surface area contributed by atoms with Crippen molar-refractivity contribution in [2.45, 2.75) is 43.9 Å². The molecule has 1 amide bonds. The van der Waals surface area contributed by atoms with Gasteiger partial charge in [-0.3, -0.25) is 9.89 Å². The van der Waals surface area contributed by atoms with Crippen LogP contribution in [0.5, 0.6) is 0 Å². The number of aromatic amines is 1. The second-order valence-corrected chi connectivity index (χ2v) is 5.90. The molecule has 3 rings (SSSR count). The zero-order chi connectivity index (χ0) is 15.5. The highest BCUT2D eigenvalue weighted by atomic mass is 16.5. The maximum Gasteiger partial charge on any atom is 0.255 e. The number of aromatic nitrogens is 2. The lowest BCUT2D eigenvalue weighted by Gasteiger charge is -2.43. The lowest BCUT2D eigenvalue weighted by molar-refractivity contribution is -0.128. The lowest BCUT2D eigenvalue weighted by Crippen LogP contribution is -2.61. The van der Waals surface area contributed by atoms with Crippen LogP contribution in [0, 0.1) is 0 Å². The molecule has 7 nitrogen and oxygen atoms in total. The molecule has 2 aliphatic rings. The number of methoxy groups -OCH3 is 1. The molecule has 1 aromatic heterocycles. The molecule has 1 saturated heterocycles. The number of carbonyl (C=O) groups is 1. The Morgan fingerprint density at radius 1 is 1.55 bits per heavy atom. The number of hydrogen-bond donors (Lipinski definition) is 3. The third-order valence-electron chi connectivity index (χ3n) is 4.60. The summed E-state index contributed by atoms with van der Waals surface area (Å²) < 4.78 is 11.0. The monoisotopic (exact) mass is 308 g/mol. The van der Waals surface area contributed by atoms with Gasteiger partial charge in [-0.25, -0.2) is 0 Å². The number of amides is 1. The van der Waals surface area contributed by atoms with Gasteiger partial charge < -0.3 is 20.1 Å². The normalized spacial score (nSPS) is 31.0. The molecule has 0 aromatic carbocycles. The molecule has 122 valence electrons. The van der Waals surface area contributed by atoms with Crippen LogP contribution in [0.2, 0.25) is 0 Å². The largest absolute Gasteiger partial charge is 0.377 e. The Hall–Kier alpha value is -1.44. The predicted octanol–water partition coefficient (Wildman–Crippen LogP) is 0.409. The summed E-state index contributed by atoms with van der Waals surface area (Å²) in [6.07, 6.45) is 3.43. The Morgan fingerprint density at radius 2 is 2.41 bits per heavy atom. The molecular formula is C15H24N4O3. The molecule has 0 radical (unpaired) electrons. The van der Waals surface area contributed by atoms with Gasteiger partial charge in [0.05, 0.1) is 29.6 Å². The van der Waals surface area contributed by atoms with Gasteiger partial charge in [-0.15, -0.1) is 0 Å².